The number of nitrogens with two attached hydrogens (primary N) is 1. The van der Waals surface area contributed by atoms with E-state index in [1.54, 1.807) is 0 Å². The Kier molecular flexibility index (Phi) is 3.92. The number of rotatable bonds is 4. The first-order valence-corrected chi connectivity index (χ1v) is 4.73. The van der Waals surface area contributed by atoms with E-state index in [2.05, 4.69) is 14.7 Å². The third-order valence-electron chi connectivity index (χ3n) is 1.81. The van der Waals surface area contributed by atoms with Crippen molar-refractivity contribution in [3.8, 4) is 5.88 Å². The van der Waals surface area contributed by atoms with Crippen LogP contribution in [-0.4, -0.2) is 22.8 Å². The largest absolute Gasteiger partial charge is 0.468 e. The molecule has 90 valence electrons. The van der Waals surface area contributed by atoms with Gasteiger partial charge in [-0.2, -0.15) is 13.2 Å². The molecule has 0 fully saturated rings. The number of aromatic nitrogens is 2. The minimum absolute atomic E-state index is 0.0910. The Bertz CT molecular complexity index is 354. The number of ether oxygens (including phenoxy) is 1. The van der Waals surface area contributed by atoms with Crippen LogP contribution in [0.3, 0.4) is 0 Å². The maximum Gasteiger partial charge on any atom is 0.422 e. The molecular weight excluding hydrogens is 223 g/mol. The number of anilines is 1. The van der Waals surface area contributed by atoms with Gasteiger partial charge in [-0.05, 0) is 6.42 Å². The van der Waals surface area contributed by atoms with Crippen molar-refractivity contribution < 1.29 is 17.9 Å². The summed E-state index contributed by atoms with van der Waals surface area (Å²) in [6, 6.07) is 0. The Balaban J connectivity index is 2.82. The van der Waals surface area contributed by atoms with Crippen molar-refractivity contribution in [3.63, 3.8) is 0 Å². The molecule has 0 aliphatic rings. The first-order chi connectivity index (χ1) is 7.44. The van der Waals surface area contributed by atoms with Crippen LogP contribution in [0.25, 0.3) is 0 Å². The summed E-state index contributed by atoms with van der Waals surface area (Å²) in [5.41, 5.74) is 5.96. The van der Waals surface area contributed by atoms with Gasteiger partial charge in [0.05, 0.1) is 5.56 Å². The molecule has 0 aliphatic carbocycles. The molecule has 1 rings (SSSR count). The van der Waals surface area contributed by atoms with Gasteiger partial charge in [0, 0.05) is 0 Å². The van der Waals surface area contributed by atoms with Crippen LogP contribution in [0.2, 0.25) is 0 Å². The van der Waals surface area contributed by atoms with Crippen LogP contribution in [-0.2, 0) is 6.42 Å². The Morgan fingerprint density at radius 2 is 2.06 bits per heavy atom. The van der Waals surface area contributed by atoms with Gasteiger partial charge >= 0.3 is 6.18 Å². The van der Waals surface area contributed by atoms with Crippen molar-refractivity contribution >= 4 is 5.82 Å². The molecule has 0 saturated heterocycles. The highest BCUT2D eigenvalue weighted by molar-refractivity contribution is 5.44. The molecule has 0 aromatic carbocycles. The predicted molar refractivity (Wildman–Crippen MR) is 52.0 cm³/mol. The Labute approximate surface area is 90.6 Å². The summed E-state index contributed by atoms with van der Waals surface area (Å²) in [4.78, 5) is 7.36. The van der Waals surface area contributed by atoms with Gasteiger partial charge in [-0.25, -0.2) is 9.97 Å². The molecule has 1 heterocycles. The molecule has 0 atom stereocenters. The third-order valence-corrected chi connectivity index (χ3v) is 1.81. The van der Waals surface area contributed by atoms with Gasteiger partial charge in [0.15, 0.2) is 6.61 Å². The molecule has 1 aromatic rings. The van der Waals surface area contributed by atoms with Crippen LogP contribution < -0.4 is 10.5 Å². The van der Waals surface area contributed by atoms with Crippen molar-refractivity contribution in [1.29, 1.82) is 0 Å². The summed E-state index contributed by atoms with van der Waals surface area (Å²) >= 11 is 0. The predicted octanol–water partition coefficient (Wildman–Crippen LogP) is 1.95. The number of hydrogen-bond acceptors (Lipinski definition) is 4. The minimum atomic E-state index is -4.39. The first kappa shape index (κ1) is 12.5. The molecule has 2 N–H and O–H groups in total. The molecule has 4 nitrogen and oxygen atoms in total. The van der Waals surface area contributed by atoms with Gasteiger partial charge < -0.3 is 10.5 Å². The normalized spacial score (nSPS) is 11.5. The number of nitrogen functional groups attached to an aromatic ring is 1. The molecule has 0 aliphatic heterocycles. The second-order valence-corrected chi connectivity index (χ2v) is 3.20. The molecular formula is C9H12F3N3O. The maximum absolute atomic E-state index is 12.0. The van der Waals surface area contributed by atoms with E-state index in [4.69, 9.17) is 5.73 Å². The highest BCUT2D eigenvalue weighted by Crippen LogP contribution is 2.23. The van der Waals surface area contributed by atoms with Gasteiger partial charge in [0.2, 0.25) is 5.88 Å². The van der Waals surface area contributed by atoms with Crippen LogP contribution in [0.15, 0.2) is 6.33 Å². The summed E-state index contributed by atoms with van der Waals surface area (Å²) in [7, 11) is 0. The van der Waals surface area contributed by atoms with Gasteiger partial charge in [0.1, 0.15) is 12.1 Å². The van der Waals surface area contributed by atoms with Crippen molar-refractivity contribution in [2.24, 2.45) is 0 Å². The topological polar surface area (TPSA) is 61.0 Å². The van der Waals surface area contributed by atoms with Crippen LogP contribution >= 0.6 is 0 Å². The Morgan fingerprint density at radius 1 is 1.38 bits per heavy atom. The summed E-state index contributed by atoms with van der Waals surface area (Å²) in [5.74, 6) is 0.0701. The summed E-state index contributed by atoms with van der Waals surface area (Å²) < 4.78 is 40.5. The minimum Gasteiger partial charge on any atom is -0.468 e. The number of nitrogens with zero attached hydrogens (tertiary/aromatic N) is 2. The SMILES string of the molecule is CCCc1c(N)ncnc1OCC(F)(F)F. The van der Waals surface area contributed by atoms with Crippen molar-refractivity contribution in [3.05, 3.63) is 11.9 Å². The van der Waals surface area contributed by atoms with Crippen LogP contribution in [0.1, 0.15) is 18.9 Å². The van der Waals surface area contributed by atoms with E-state index in [1.165, 1.54) is 0 Å². The van der Waals surface area contributed by atoms with E-state index in [0.717, 1.165) is 12.7 Å². The van der Waals surface area contributed by atoms with E-state index < -0.39 is 12.8 Å². The van der Waals surface area contributed by atoms with E-state index in [9.17, 15) is 13.2 Å². The fourth-order valence-corrected chi connectivity index (χ4v) is 1.17. The van der Waals surface area contributed by atoms with Crippen LogP contribution in [0.4, 0.5) is 19.0 Å². The fourth-order valence-electron chi connectivity index (χ4n) is 1.17. The van der Waals surface area contributed by atoms with Crippen LogP contribution in [0.5, 0.6) is 5.88 Å². The lowest BCUT2D eigenvalue weighted by molar-refractivity contribution is -0.154. The lowest BCUT2D eigenvalue weighted by atomic mass is 10.2. The fraction of sp³-hybridized carbons (Fsp3) is 0.556. The third kappa shape index (κ3) is 3.56. The molecule has 0 unspecified atom stereocenters. The van der Waals surface area contributed by atoms with E-state index in [1.807, 2.05) is 6.92 Å². The highest BCUT2D eigenvalue weighted by Gasteiger charge is 2.29. The molecule has 0 saturated carbocycles. The lowest BCUT2D eigenvalue weighted by Crippen LogP contribution is -2.20. The van der Waals surface area contributed by atoms with E-state index >= 15 is 0 Å². The zero-order valence-corrected chi connectivity index (χ0v) is 8.71. The Morgan fingerprint density at radius 3 is 2.62 bits per heavy atom. The maximum atomic E-state index is 12.0. The van der Waals surface area contributed by atoms with Gasteiger partial charge in [-0.1, -0.05) is 13.3 Å². The smallest absolute Gasteiger partial charge is 0.422 e. The molecule has 7 heteroatoms. The van der Waals surface area contributed by atoms with Crippen LogP contribution in [0, 0.1) is 0 Å². The molecule has 0 radical (unpaired) electrons. The van der Waals surface area contributed by atoms with Crippen molar-refractivity contribution in [2.75, 3.05) is 12.3 Å². The van der Waals surface area contributed by atoms with E-state index in [-0.39, 0.29) is 11.7 Å². The molecule has 0 amide bonds. The van der Waals surface area contributed by atoms with E-state index in [0.29, 0.717) is 12.0 Å². The standard InChI is InChI=1S/C9H12F3N3O/c1-2-3-6-7(13)14-5-15-8(6)16-4-9(10,11)12/h5H,2-4H2,1H3,(H2,13,14,15). The monoisotopic (exact) mass is 235 g/mol. The van der Waals surface area contributed by atoms with Crippen molar-refractivity contribution in [1.82, 2.24) is 9.97 Å². The first-order valence-electron chi connectivity index (χ1n) is 4.73. The number of hydrogen-bond donors (Lipinski definition) is 1. The molecule has 1 aromatic heterocycles. The summed E-state index contributed by atoms with van der Waals surface area (Å²) in [6.07, 6.45) is -2.09. The van der Waals surface area contributed by atoms with Crippen molar-refractivity contribution in [2.45, 2.75) is 25.9 Å². The molecule has 16 heavy (non-hydrogen) atoms. The van der Waals surface area contributed by atoms with Gasteiger partial charge in [-0.3, -0.25) is 0 Å². The highest BCUT2D eigenvalue weighted by atomic mass is 19.4. The average molecular weight is 235 g/mol. The summed E-state index contributed by atoms with van der Waals surface area (Å²) in [5, 5.41) is 0. The molecule has 0 bridgehead atoms. The average Bonchev–Trinajstić information content (AvgIpc) is 2.18. The molecule has 0 spiro atoms. The zero-order chi connectivity index (χ0) is 12.2. The number of alkyl halides is 3. The van der Waals surface area contributed by atoms with Gasteiger partial charge in [-0.15, -0.1) is 0 Å². The second kappa shape index (κ2) is 5.00. The number of halogens is 3. The quantitative estimate of drug-likeness (QED) is 0.866. The Hall–Kier alpha value is -1.53. The zero-order valence-electron chi connectivity index (χ0n) is 8.71. The second-order valence-electron chi connectivity index (χ2n) is 3.20. The lowest BCUT2D eigenvalue weighted by Gasteiger charge is -2.12. The summed E-state index contributed by atoms with van der Waals surface area (Å²) in [6.45, 7) is 0.500. The van der Waals surface area contributed by atoms with Gasteiger partial charge in [0.25, 0.3) is 0 Å².